The number of aliphatic hydroxyl groups excluding tert-OH is 1. The molecule has 1 aromatic carbocycles. The minimum atomic E-state index is -3.28. The third-order valence-electron chi connectivity index (χ3n) is 6.71. The summed E-state index contributed by atoms with van der Waals surface area (Å²) in [6, 6.07) is 7.09. The molecule has 1 spiro atoms. The third-order valence-corrected chi connectivity index (χ3v) is 8.89. The second-order valence-electron chi connectivity index (χ2n) is 8.74. The molecule has 2 heterocycles. The van der Waals surface area contributed by atoms with Crippen molar-refractivity contribution < 1.29 is 13.5 Å². The number of piperidine rings is 1. The summed E-state index contributed by atoms with van der Waals surface area (Å²) in [6.45, 7) is 3.45. The fourth-order valence-electron chi connectivity index (χ4n) is 4.81. The number of aliphatic hydroxyl groups is 1. The van der Waals surface area contributed by atoms with Gasteiger partial charge >= 0.3 is 0 Å². The van der Waals surface area contributed by atoms with E-state index >= 15 is 0 Å². The van der Waals surface area contributed by atoms with Gasteiger partial charge in [0.2, 0.25) is 0 Å². The van der Waals surface area contributed by atoms with E-state index in [0.29, 0.717) is 16.8 Å². The monoisotopic (exact) mass is 462 g/mol. The van der Waals surface area contributed by atoms with Gasteiger partial charge < -0.3 is 15.7 Å². The van der Waals surface area contributed by atoms with Crippen LogP contribution in [0.1, 0.15) is 43.5 Å². The van der Waals surface area contributed by atoms with Gasteiger partial charge in [-0.2, -0.15) is 0 Å². The molecular weight excluding hydrogens is 432 g/mol. The maximum absolute atomic E-state index is 11.9. The van der Waals surface area contributed by atoms with Crippen molar-refractivity contribution >= 4 is 27.4 Å². The Bertz CT molecular complexity index is 1070. The second kappa shape index (κ2) is 8.69. The van der Waals surface area contributed by atoms with E-state index in [-0.39, 0.29) is 16.9 Å². The van der Waals surface area contributed by atoms with E-state index in [1.54, 1.807) is 18.2 Å². The van der Waals surface area contributed by atoms with E-state index in [2.05, 4.69) is 4.90 Å². The maximum atomic E-state index is 11.9. The van der Waals surface area contributed by atoms with Gasteiger partial charge in [0.1, 0.15) is 10.7 Å². The SMILES string of the molecule is Cc1nc(N2CCC3(CCC[C@H]3N)CC2)c(CO)nc1Sc1cccc(S(C)(=O)=O)c1. The molecule has 0 bridgehead atoms. The molecule has 2 aromatic rings. The number of hydrogen-bond donors (Lipinski definition) is 2. The van der Waals surface area contributed by atoms with Gasteiger partial charge in [0.25, 0.3) is 0 Å². The van der Waals surface area contributed by atoms with Crippen LogP contribution in [-0.4, -0.2) is 48.9 Å². The first kappa shape index (κ1) is 22.5. The number of benzene rings is 1. The molecule has 1 saturated heterocycles. The van der Waals surface area contributed by atoms with E-state index in [0.717, 1.165) is 48.8 Å². The van der Waals surface area contributed by atoms with E-state index in [1.807, 2.05) is 13.0 Å². The molecule has 0 unspecified atom stereocenters. The standard InChI is InChI=1S/C22H30N4O3S2/c1-15-21(30-16-5-3-6-17(13-16)31(2,28)29)25-18(14-27)20(24-15)26-11-9-22(10-12-26)8-4-7-19(22)23/h3,5-6,13,19,27H,4,7-12,14,23H2,1-2H3/t19-/m1/s1. The lowest BCUT2D eigenvalue weighted by Gasteiger charge is -2.42. The lowest BCUT2D eigenvalue weighted by Crippen LogP contribution is -2.47. The van der Waals surface area contributed by atoms with Gasteiger partial charge in [0, 0.05) is 30.3 Å². The minimum Gasteiger partial charge on any atom is -0.390 e. The van der Waals surface area contributed by atoms with Crippen molar-refractivity contribution in [1.29, 1.82) is 0 Å². The first-order valence-corrected chi connectivity index (χ1v) is 13.4. The van der Waals surface area contributed by atoms with Crippen molar-refractivity contribution in [2.75, 3.05) is 24.2 Å². The number of anilines is 1. The van der Waals surface area contributed by atoms with Crippen LogP contribution in [0.2, 0.25) is 0 Å². The van der Waals surface area contributed by atoms with E-state index < -0.39 is 9.84 Å². The van der Waals surface area contributed by atoms with E-state index in [4.69, 9.17) is 15.7 Å². The topological polar surface area (TPSA) is 109 Å². The van der Waals surface area contributed by atoms with Crippen LogP contribution in [0.4, 0.5) is 5.82 Å². The third kappa shape index (κ3) is 4.60. The zero-order valence-electron chi connectivity index (χ0n) is 18.0. The molecule has 7 nitrogen and oxygen atoms in total. The Labute approximate surface area is 188 Å². The molecular formula is C22H30N4O3S2. The lowest BCUT2D eigenvalue weighted by molar-refractivity contribution is 0.196. The predicted octanol–water partition coefficient (Wildman–Crippen LogP) is 2.93. The number of hydrogen-bond acceptors (Lipinski definition) is 8. The van der Waals surface area contributed by atoms with Crippen LogP contribution in [0, 0.1) is 12.3 Å². The van der Waals surface area contributed by atoms with Crippen LogP contribution in [0.25, 0.3) is 0 Å². The predicted molar refractivity (Wildman–Crippen MR) is 122 cm³/mol. The Morgan fingerprint density at radius 1 is 1.26 bits per heavy atom. The van der Waals surface area contributed by atoms with Gasteiger partial charge in [-0.15, -0.1) is 0 Å². The summed E-state index contributed by atoms with van der Waals surface area (Å²) in [5, 5.41) is 10.7. The summed E-state index contributed by atoms with van der Waals surface area (Å²) in [4.78, 5) is 12.8. The maximum Gasteiger partial charge on any atom is 0.175 e. The summed E-state index contributed by atoms with van der Waals surface area (Å²) < 4.78 is 23.7. The lowest BCUT2D eigenvalue weighted by atomic mass is 9.74. The Morgan fingerprint density at radius 3 is 2.61 bits per heavy atom. The second-order valence-corrected chi connectivity index (χ2v) is 11.8. The Morgan fingerprint density at radius 2 is 2.00 bits per heavy atom. The first-order chi connectivity index (χ1) is 14.7. The Hall–Kier alpha value is -1.68. The molecule has 0 amide bonds. The molecule has 9 heteroatoms. The van der Waals surface area contributed by atoms with Gasteiger partial charge in [-0.25, -0.2) is 18.4 Å². The van der Waals surface area contributed by atoms with Crippen LogP contribution in [0.3, 0.4) is 0 Å². The quantitative estimate of drug-likeness (QED) is 0.698. The molecule has 4 rings (SSSR count). The van der Waals surface area contributed by atoms with Crippen LogP contribution >= 0.6 is 11.8 Å². The van der Waals surface area contributed by atoms with Crippen LogP contribution in [0.15, 0.2) is 39.1 Å². The molecule has 2 fully saturated rings. The van der Waals surface area contributed by atoms with Crippen molar-refractivity contribution in [1.82, 2.24) is 9.97 Å². The first-order valence-electron chi connectivity index (χ1n) is 10.7. The molecule has 2 aliphatic rings. The fraction of sp³-hybridized carbons (Fsp3) is 0.545. The molecule has 1 aliphatic carbocycles. The Kier molecular flexibility index (Phi) is 6.31. The number of nitrogens with zero attached hydrogens (tertiary/aromatic N) is 3. The number of rotatable bonds is 5. The molecule has 31 heavy (non-hydrogen) atoms. The number of sulfone groups is 1. The van der Waals surface area contributed by atoms with Crippen molar-refractivity contribution in [2.45, 2.75) is 66.5 Å². The molecule has 1 aromatic heterocycles. The highest BCUT2D eigenvalue weighted by molar-refractivity contribution is 7.99. The number of aromatic nitrogens is 2. The molecule has 3 N–H and O–H groups in total. The zero-order valence-corrected chi connectivity index (χ0v) is 19.7. The summed E-state index contributed by atoms with van der Waals surface area (Å²) in [7, 11) is -3.28. The fourth-order valence-corrected chi connectivity index (χ4v) is 6.46. The average Bonchev–Trinajstić information content (AvgIpc) is 3.09. The molecule has 1 atom stereocenters. The van der Waals surface area contributed by atoms with E-state index in [9.17, 15) is 13.5 Å². The van der Waals surface area contributed by atoms with Crippen LogP contribution in [0.5, 0.6) is 0 Å². The summed E-state index contributed by atoms with van der Waals surface area (Å²) in [6.07, 6.45) is 6.84. The van der Waals surface area contributed by atoms with E-state index in [1.165, 1.54) is 30.9 Å². The van der Waals surface area contributed by atoms with Gasteiger partial charge in [-0.05, 0) is 56.2 Å². The summed E-state index contributed by atoms with van der Waals surface area (Å²) >= 11 is 1.36. The smallest absolute Gasteiger partial charge is 0.175 e. The van der Waals surface area contributed by atoms with Crippen molar-refractivity contribution in [3.8, 4) is 0 Å². The number of aryl methyl sites for hydroxylation is 1. The number of nitrogens with two attached hydrogens (primary N) is 1. The van der Waals surface area contributed by atoms with Crippen LogP contribution < -0.4 is 10.6 Å². The average molecular weight is 463 g/mol. The van der Waals surface area contributed by atoms with Gasteiger partial charge in [0.15, 0.2) is 15.7 Å². The van der Waals surface area contributed by atoms with Crippen LogP contribution in [-0.2, 0) is 16.4 Å². The minimum absolute atomic E-state index is 0.194. The normalized spacial score (nSPS) is 21.0. The molecule has 1 saturated carbocycles. The summed E-state index contributed by atoms with van der Waals surface area (Å²) in [5.41, 5.74) is 7.99. The molecule has 0 radical (unpaired) electrons. The summed E-state index contributed by atoms with van der Waals surface area (Å²) in [5.74, 6) is 0.746. The van der Waals surface area contributed by atoms with Crippen molar-refractivity contribution in [3.05, 3.63) is 35.7 Å². The Balaban J connectivity index is 1.56. The van der Waals surface area contributed by atoms with Crippen molar-refractivity contribution in [3.63, 3.8) is 0 Å². The zero-order chi connectivity index (χ0) is 22.2. The highest BCUT2D eigenvalue weighted by Crippen LogP contribution is 2.46. The molecule has 168 valence electrons. The largest absolute Gasteiger partial charge is 0.390 e. The van der Waals surface area contributed by atoms with Crippen molar-refractivity contribution in [2.24, 2.45) is 11.1 Å². The van der Waals surface area contributed by atoms with Gasteiger partial charge in [-0.3, -0.25) is 0 Å². The highest BCUT2D eigenvalue weighted by Gasteiger charge is 2.43. The molecule has 1 aliphatic heterocycles. The van der Waals surface area contributed by atoms with Gasteiger partial charge in [-0.1, -0.05) is 24.2 Å². The highest BCUT2D eigenvalue weighted by atomic mass is 32.2. The van der Waals surface area contributed by atoms with Gasteiger partial charge in [0.05, 0.1) is 17.2 Å².